The first-order valence-electron chi connectivity index (χ1n) is 7.64. The number of fused-ring (bicyclic) bond motifs is 3. The zero-order valence-corrected chi connectivity index (χ0v) is 12.0. The number of aliphatic hydroxyl groups excluding tert-OH is 1. The van der Waals surface area contributed by atoms with Crippen LogP contribution in [0.3, 0.4) is 0 Å². The Labute approximate surface area is 124 Å². The van der Waals surface area contributed by atoms with E-state index in [9.17, 15) is 5.11 Å². The molecule has 0 aliphatic heterocycles. The van der Waals surface area contributed by atoms with E-state index in [1.54, 1.807) is 0 Å². The normalized spacial score (nSPS) is 17.9. The summed E-state index contributed by atoms with van der Waals surface area (Å²) in [4.78, 5) is 0. The van der Waals surface area contributed by atoms with Crippen LogP contribution < -0.4 is 0 Å². The highest BCUT2D eigenvalue weighted by atomic mass is 16.3. The summed E-state index contributed by atoms with van der Waals surface area (Å²) in [7, 11) is 0. The number of nitrogens with zero attached hydrogens (tertiary/aromatic N) is 1. The van der Waals surface area contributed by atoms with Gasteiger partial charge in [-0.15, -0.1) is 0 Å². The van der Waals surface area contributed by atoms with Gasteiger partial charge >= 0.3 is 0 Å². The van der Waals surface area contributed by atoms with Gasteiger partial charge in [0, 0.05) is 29.6 Å². The van der Waals surface area contributed by atoms with Gasteiger partial charge in [-0.1, -0.05) is 48.5 Å². The van der Waals surface area contributed by atoms with Crippen molar-refractivity contribution in [2.75, 3.05) is 0 Å². The van der Waals surface area contributed by atoms with E-state index in [-0.39, 0.29) is 6.10 Å². The Balaban J connectivity index is 1.88. The molecule has 2 aromatic carbocycles. The molecule has 0 bridgehead atoms. The van der Waals surface area contributed by atoms with Gasteiger partial charge < -0.3 is 9.67 Å². The van der Waals surface area contributed by atoms with Crippen molar-refractivity contribution in [3.8, 4) is 0 Å². The molecule has 3 aromatic rings. The molecule has 0 saturated carbocycles. The Morgan fingerprint density at radius 2 is 1.76 bits per heavy atom. The highest BCUT2D eigenvalue weighted by molar-refractivity contribution is 5.86. The number of aliphatic hydroxyl groups is 1. The van der Waals surface area contributed by atoms with Gasteiger partial charge in [0.05, 0.1) is 6.10 Å². The number of hydrogen-bond acceptors (Lipinski definition) is 1. The fourth-order valence-corrected chi connectivity index (χ4v) is 3.53. The first kappa shape index (κ1) is 12.7. The molecular weight excluding hydrogens is 258 g/mol. The third-order valence-electron chi connectivity index (χ3n) is 4.53. The number of para-hydroxylation sites is 1. The molecule has 2 heteroatoms. The second kappa shape index (κ2) is 5.05. The molecular formula is C19H19NO. The maximum atomic E-state index is 10.0. The molecule has 0 amide bonds. The van der Waals surface area contributed by atoms with Crippen molar-refractivity contribution in [2.45, 2.75) is 31.9 Å². The summed E-state index contributed by atoms with van der Waals surface area (Å²) in [6.45, 7) is 0.910. The molecule has 4 rings (SSSR count). The van der Waals surface area contributed by atoms with Crippen LogP contribution in [0.2, 0.25) is 0 Å². The fraction of sp³-hybridized carbons (Fsp3) is 0.263. The van der Waals surface area contributed by atoms with Gasteiger partial charge in [-0.3, -0.25) is 0 Å². The lowest BCUT2D eigenvalue weighted by Gasteiger charge is -2.20. The van der Waals surface area contributed by atoms with Crippen LogP contribution >= 0.6 is 0 Å². The molecule has 2 nitrogen and oxygen atoms in total. The molecule has 1 unspecified atom stereocenters. The molecule has 106 valence electrons. The van der Waals surface area contributed by atoms with E-state index >= 15 is 0 Å². The minimum Gasteiger partial charge on any atom is -0.393 e. The average molecular weight is 277 g/mol. The quantitative estimate of drug-likeness (QED) is 0.761. The van der Waals surface area contributed by atoms with E-state index in [0.717, 1.165) is 25.8 Å². The maximum Gasteiger partial charge on any atom is 0.0585 e. The van der Waals surface area contributed by atoms with E-state index in [0.29, 0.717) is 0 Å². The minimum atomic E-state index is -0.187. The van der Waals surface area contributed by atoms with Crippen LogP contribution in [-0.4, -0.2) is 15.8 Å². The van der Waals surface area contributed by atoms with Crippen LogP contribution in [-0.2, 0) is 19.4 Å². The Morgan fingerprint density at radius 1 is 1.00 bits per heavy atom. The third kappa shape index (κ3) is 2.16. The van der Waals surface area contributed by atoms with Gasteiger partial charge in [0.1, 0.15) is 0 Å². The van der Waals surface area contributed by atoms with E-state index < -0.39 is 0 Å². The predicted octanol–water partition coefficient (Wildman–Crippen LogP) is 3.54. The van der Waals surface area contributed by atoms with Gasteiger partial charge in [-0.05, 0) is 30.0 Å². The van der Waals surface area contributed by atoms with Crippen molar-refractivity contribution < 1.29 is 5.11 Å². The molecule has 1 aliphatic rings. The topological polar surface area (TPSA) is 25.2 Å². The summed E-state index contributed by atoms with van der Waals surface area (Å²) < 4.78 is 2.44. The molecule has 1 aliphatic carbocycles. The van der Waals surface area contributed by atoms with Crippen LogP contribution in [0.4, 0.5) is 0 Å². The van der Waals surface area contributed by atoms with Crippen molar-refractivity contribution in [2.24, 2.45) is 0 Å². The maximum absolute atomic E-state index is 10.0. The summed E-state index contributed by atoms with van der Waals surface area (Å²) >= 11 is 0. The number of benzene rings is 2. The highest BCUT2D eigenvalue weighted by Crippen LogP contribution is 2.32. The standard InChI is InChI=1S/C19H19NO/c21-15-10-11-19-17(12-15)16-8-4-5-9-18(16)20(19)13-14-6-2-1-3-7-14/h1-9,15,21H,10-13H2. The van der Waals surface area contributed by atoms with Crippen molar-refractivity contribution in [1.29, 1.82) is 0 Å². The molecule has 1 atom stereocenters. The predicted molar refractivity (Wildman–Crippen MR) is 85.5 cm³/mol. The van der Waals surface area contributed by atoms with Gasteiger partial charge in [-0.2, -0.15) is 0 Å². The zero-order chi connectivity index (χ0) is 14.2. The van der Waals surface area contributed by atoms with Gasteiger partial charge in [-0.25, -0.2) is 0 Å². The van der Waals surface area contributed by atoms with Crippen molar-refractivity contribution >= 4 is 10.9 Å². The first-order valence-corrected chi connectivity index (χ1v) is 7.64. The average Bonchev–Trinajstić information content (AvgIpc) is 2.82. The van der Waals surface area contributed by atoms with E-state index in [2.05, 4.69) is 59.2 Å². The fourth-order valence-electron chi connectivity index (χ4n) is 3.53. The lowest BCUT2D eigenvalue weighted by Crippen LogP contribution is -2.20. The van der Waals surface area contributed by atoms with Crippen LogP contribution in [0, 0.1) is 0 Å². The first-order chi connectivity index (χ1) is 10.3. The molecule has 1 N–H and O–H groups in total. The molecule has 1 aromatic heterocycles. The highest BCUT2D eigenvalue weighted by Gasteiger charge is 2.23. The Morgan fingerprint density at radius 3 is 2.62 bits per heavy atom. The largest absolute Gasteiger partial charge is 0.393 e. The Hall–Kier alpha value is -2.06. The Bertz CT molecular complexity index is 773. The summed E-state index contributed by atoms with van der Waals surface area (Å²) in [6, 6.07) is 19.2. The summed E-state index contributed by atoms with van der Waals surface area (Å²) in [5.74, 6) is 0. The number of hydrogen-bond donors (Lipinski definition) is 1. The SMILES string of the molecule is OC1CCc2c(c3ccccc3n2Cc2ccccc2)C1. The lowest BCUT2D eigenvalue weighted by atomic mass is 9.93. The molecule has 21 heavy (non-hydrogen) atoms. The third-order valence-corrected chi connectivity index (χ3v) is 4.53. The Kier molecular flexibility index (Phi) is 3.04. The van der Waals surface area contributed by atoms with Crippen LogP contribution in [0.25, 0.3) is 10.9 Å². The second-order valence-corrected chi connectivity index (χ2v) is 5.91. The van der Waals surface area contributed by atoms with E-state index in [1.165, 1.54) is 27.7 Å². The van der Waals surface area contributed by atoms with Crippen LogP contribution in [0.1, 0.15) is 23.2 Å². The summed E-state index contributed by atoms with van der Waals surface area (Å²) in [5, 5.41) is 11.3. The summed E-state index contributed by atoms with van der Waals surface area (Å²) in [5.41, 5.74) is 5.37. The molecule has 0 radical (unpaired) electrons. The molecule has 0 saturated heterocycles. The molecule has 0 spiro atoms. The minimum absolute atomic E-state index is 0.187. The number of aromatic nitrogens is 1. The van der Waals surface area contributed by atoms with Gasteiger partial charge in [0.15, 0.2) is 0 Å². The number of rotatable bonds is 2. The van der Waals surface area contributed by atoms with Crippen LogP contribution in [0.15, 0.2) is 54.6 Å². The monoisotopic (exact) mass is 277 g/mol. The molecule has 0 fully saturated rings. The van der Waals surface area contributed by atoms with E-state index in [4.69, 9.17) is 0 Å². The van der Waals surface area contributed by atoms with Crippen molar-refractivity contribution in [3.05, 3.63) is 71.4 Å². The second-order valence-electron chi connectivity index (χ2n) is 5.91. The van der Waals surface area contributed by atoms with Gasteiger partial charge in [0.25, 0.3) is 0 Å². The van der Waals surface area contributed by atoms with Gasteiger partial charge in [0.2, 0.25) is 0 Å². The van der Waals surface area contributed by atoms with Crippen molar-refractivity contribution in [3.63, 3.8) is 0 Å². The smallest absolute Gasteiger partial charge is 0.0585 e. The molecule has 1 heterocycles. The summed E-state index contributed by atoms with van der Waals surface area (Å²) in [6.07, 6.45) is 2.45. The van der Waals surface area contributed by atoms with Crippen LogP contribution in [0.5, 0.6) is 0 Å². The van der Waals surface area contributed by atoms with Crippen molar-refractivity contribution in [1.82, 2.24) is 4.57 Å². The lowest BCUT2D eigenvalue weighted by molar-refractivity contribution is 0.158. The van der Waals surface area contributed by atoms with E-state index in [1.807, 2.05) is 0 Å². The zero-order valence-electron chi connectivity index (χ0n) is 12.0.